The molecule has 0 aliphatic heterocycles. The van der Waals surface area contributed by atoms with E-state index in [2.05, 4.69) is 34.2 Å². The summed E-state index contributed by atoms with van der Waals surface area (Å²) in [7, 11) is 0. The summed E-state index contributed by atoms with van der Waals surface area (Å²) in [5.41, 5.74) is 3.56. The maximum atomic E-state index is 13.2. The minimum Gasteiger partial charge on any atom is -0.396 e. The van der Waals surface area contributed by atoms with Crippen molar-refractivity contribution in [2.24, 2.45) is 0 Å². The van der Waals surface area contributed by atoms with Crippen molar-refractivity contribution in [3.63, 3.8) is 0 Å². The number of rotatable bonds is 15. The van der Waals surface area contributed by atoms with Crippen molar-refractivity contribution in [2.45, 2.75) is 90.1 Å². The van der Waals surface area contributed by atoms with Gasteiger partial charge in [0.15, 0.2) is 5.82 Å². The van der Waals surface area contributed by atoms with Crippen molar-refractivity contribution < 1.29 is 9.50 Å². The molecule has 0 saturated carbocycles. The monoisotopic (exact) mass is 400 g/mol. The van der Waals surface area contributed by atoms with Gasteiger partial charge < -0.3 is 5.11 Å². The normalized spacial score (nSPS) is 12.2. The lowest BCUT2D eigenvalue weighted by molar-refractivity contribution is 0.282. The second kappa shape index (κ2) is 14.2. The topological polar surface area (TPSA) is 46.0 Å². The van der Waals surface area contributed by atoms with Crippen LogP contribution in [0.4, 0.5) is 4.39 Å². The van der Waals surface area contributed by atoms with E-state index in [9.17, 15) is 4.39 Å². The van der Waals surface area contributed by atoms with Crippen LogP contribution in [0.25, 0.3) is 11.4 Å². The van der Waals surface area contributed by atoms with Gasteiger partial charge in [-0.15, -0.1) is 0 Å². The van der Waals surface area contributed by atoms with E-state index < -0.39 is 6.17 Å². The molecule has 0 aliphatic carbocycles. The Morgan fingerprint density at radius 2 is 1.38 bits per heavy atom. The highest BCUT2D eigenvalue weighted by Crippen LogP contribution is 2.18. The molecule has 160 valence electrons. The van der Waals surface area contributed by atoms with Gasteiger partial charge >= 0.3 is 0 Å². The number of aliphatic hydroxyl groups is 1. The summed E-state index contributed by atoms with van der Waals surface area (Å²) in [6.07, 6.45) is 15.4. The van der Waals surface area contributed by atoms with E-state index in [0.29, 0.717) is 12.8 Å². The van der Waals surface area contributed by atoms with Crippen molar-refractivity contribution in [3.8, 4) is 11.4 Å². The maximum absolute atomic E-state index is 13.2. The first-order valence-electron chi connectivity index (χ1n) is 11.4. The molecule has 1 atom stereocenters. The molecule has 0 amide bonds. The SMILES string of the molecule is CCC(F)CCCCCCc1ccc(-c2ncc(CCCCCCO)cn2)cc1. The zero-order valence-electron chi connectivity index (χ0n) is 18.0. The van der Waals surface area contributed by atoms with Crippen LogP contribution in [0.1, 0.15) is 82.3 Å². The van der Waals surface area contributed by atoms with Gasteiger partial charge in [-0.05, 0) is 56.1 Å². The second-order valence-electron chi connectivity index (χ2n) is 7.96. The van der Waals surface area contributed by atoms with E-state index in [0.717, 1.165) is 69.2 Å². The predicted octanol–water partition coefficient (Wildman–Crippen LogP) is 6.48. The number of benzene rings is 1. The number of aryl methyl sites for hydroxylation is 2. The standard InChI is InChI=1S/C25H37FN2O/c1-2-24(26)13-9-4-3-7-11-21-14-16-23(17-15-21)25-27-19-22(20-28-25)12-8-5-6-10-18-29/h14-17,19-20,24,29H,2-13,18H2,1H3. The molecule has 0 aliphatic rings. The highest BCUT2D eigenvalue weighted by atomic mass is 19.1. The van der Waals surface area contributed by atoms with E-state index in [-0.39, 0.29) is 6.61 Å². The summed E-state index contributed by atoms with van der Waals surface area (Å²) in [6.45, 7) is 2.20. The molecule has 0 saturated heterocycles. The van der Waals surface area contributed by atoms with Crippen LogP contribution in [-0.4, -0.2) is 27.9 Å². The predicted molar refractivity (Wildman–Crippen MR) is 119 cm³/mol. The zero-order chi connectivity index (χ0) is 20.7. The fraction of sp³-hybridized carbons (Fsp3) is 0.600. The van der Waals surface area contributed by atoms with Crippen LogP contribution in [0.15, 0.2) is 36.7 Å². The first-order valence-corrected chi connectivity index (χ1v) is 11.4. The van der Waals surface area contributed by atoms with Gasteiger partial charge in [0.1, 0.15) is 0 Å². The first kappa shape index (κ1) is 23.5. The molecule has 0 fully saturated rings. The van der Waals surface area contributed by atoms with Crippen molar-refractivity contribution in [3.05, 3.63) is 47.8 Å². The quantitative estimate of drug-likeness (QED) is 0.348. The molecule has 2 rings (SSSR count). The first-order chi connectivity index (χ1) is 14.2. The number of hydrogen-bond acceptors (Lipinski definition) is 3. The minimum absolute atomic E-state index is 0.288. The Morgan fingerprint density at radius 1 is 0.793 bits per heavy atom. The van der Waals surface area contributed by atoms with Crippen LogP contribution in [0, 0.1) is 0 Å². The third-order valence-electron chi connectivity index (χ3n) is 5.47. The zero-order valence-corrected chi connectivity index (χ0v) is 18.0. The largest absolute Gasteiger partial charge is 0.396 e. The molecule has 1 aromatic carbocycles. The van der Waals surface area contributed by atoms with Gasteiger partial charge in [0.05, 0.1) is 6.17 Å². The van der Waals surface area contributed by atoms with Crippen LogP contribution in [0.3, 0.4) is 0 Å². The van der Waals surface area contributed by atoms with E-state index in [1.54, 1.807) is 0 Å². The van der Waals surface area contributed by atoms with Crippen molar-refractivity contribution in [1.82, 2.24) is 9.97 Å². The summed E-state index contributed by atoms with van der Waals surface area (Å²) in [5.74, 6) is 0.775. The number of hydrogen-bond donors (Lipinski definition) is 1. The van der Waals surface area contributed by atoms with Gasteiger partial charge in [-0.3, -0.25) is 0 Å². The lowest BCUT2D eigenvalue weighted by Gasteiger charge is -2.06. The summed E-state index contributed by atoms with van der Waals surface area (Å²) in [4.78, 5) is 9.06. The van der Waals surface area contributed by atoms with E-state index in [1.807, 2.05) is 19.3 Å². The molecular formula is C25H37FN2O. The van der Waals surface area contributed by atoms with Crippen molar-refractivity contribution in [1.29, 1.82) is 0 Å². The highest BCUT2D eigenvalue weighted by molar-refractivity contribution is 5.55. The average Bonchev–Trinajstić information content (AvgIpc) is 2.76. The summed E-state index contributed by atoms with van der Waals surface area (Å²) in [6, 6.07) is 8.55. The fourth-order valence-electron chi connectivity index (χ4n) is 3.50. The Labute approximate surface area is 175 Å². The summed E-state index contributed by atoms with van der Waals surface area (Å²) in [5, 5.41) is 8.81. The average molecular weight is 401 g/mol. The molecule has 0 radical (unpaired) electrons. The Kier molecular flexibility index (Phi) is 11.5. The van der Waals surface area contributed by atoms with Crippen molar-refractivity contribution in [2.75, 3.05) is 6.61 Å². The number of aliphatic hydroxyl groups excluding tert-OH is 1. The number of halogens is 1. The molecule has 3 nitrogen and oxygen atoms in total. The molecule has 0 bridgehead atoms. The Hall–Kier alpha value is -1.81. The van der Waals surface area contributed by atoms with Crippen LogP contribution < -0.4 is 0 Å². The molecule has 4 heteroatoms. The Bertz CT molecular complexity index is 658. The van der Waals surface area contributed by atoms with Gasteiger partial charge in [0.25, 0.3) is 0 Å². The molecule has 1 unspecified atom stereocenters. The Balaban J connectivity index is 1.69. The number of nitrogens with zero attached hydrogens (tertiary/aromatic N) is 2. The van der Waals surface area contributed by atoms with Crippen LogP contribution in [0.2, 0.25) is 0 Å². The van der Waals surface area contributed by atoms with Gasteiger partial charge in [-0.2, -0.15) is 0 Å². The van der Waals surface area contributed by atoms with Gasteiger partial charge in [0, 0.05) is 24.6 Å². The number of unbranched alkanes of at least 4 members (excludes halogenated alkanes) is 6. The lowest BCUT2D eigenvalue weighted by atomic mass is 10.0. The summed E-state index contributed by atoms with van der Waals surface area (Å²) >= 11 is 0. The second-order valence-corrected chi connectivity index (χ2v) is 7.96. The molecule has 0 spiro atoms. The van der Waals surface area contributed by atoms with Gasteiger partial charge in [0.2, 0.25) is 0 Å². The molecule has 1 N–H and O–H groups in total. The van der Waals surface area contributed by atoms with Gasteiger partial charge in [-0.25, -0.2) is 14.4 Å². The lowest BCUT2D eigenvalue weighted by Crippen LogP contribution is -1.96. The summed E-state index contributed by atoms with van der Waals surface area (Å²) < 4.78 is 13.2. The number of alkyl halides is 1. The molecule has 1 aromatic heterocycles. The third kappa shape index (κ3) is 9.49. The van der Waals surface area contributed by atoms with Gasteiger partial charge in [-0.1, -0.05) is 63.3 Å². The van der Waals surface area contributed by atoms with E-state index >= 15 is 0 Å². The van der Waals surface area contributed by atoms with Crippen LogP contribution in [-0.2, 0) is 12.8 Å². The fourth-order valence-corrected chi connectivity index (χ4v) is 3.50. The van der Waals surface area contributed by atoms with Crippen LogP contribution >= 0.6 is 0 Å². The van der Waals surface area contributed by atoms with E-state index in [4.69, 9.17) is 5.11 Å². The minimum atomic E-state index is -0.615. The van der Waals surface area contributed by atoms with Crippen LogP contribution in [0.5, 0.6) is 0 Å². The van der Waals surface area contributed by atoms with Crippen molar-refractivity contribution >= 4 is 0 Å². The Morgan fingerprint density at radius 3 is 2.00 bits per heavy atom. The maximum Gasteiger partial charge on any atom is 0.159 e. The molecular weight excluding hydrogens is 363 g/mol. The molecule has 2 aromatic rings. The van der Waals surface area contributed by atoms with E-state index in [1.165, 1.54) is 17.5 Å². The molecule has 29 heavy (non-hydrogen) atoms. The third-order valence-corrected chi connectivity index (χ3v) is 5.47. The molecule has 1 heterocycles. The highest BCUT2D eigenvalue weighted by Gasteiger charge is 2.04. The number of aromatic nitrogens is 2. The smallest absolute Gasteiger partial charge is 0.159 e.